The monoisotopic (exact) mass is 388 g/mol. The topological polar surface area (TPSA) is 69.7 Å². The summed E-state index contributed by atoms with van der Waals surface area (Å²) in [6.07, 6.45) is 1.94. The fourth-order valence-electron chi connectivity index (χ4n) is 2.69. The molecule has 1 aromatic carbocycles. The summed E-state index contributed by atoms with van der Waals surface area (Å²) in [4.78, 5) is 16.1. The Hall–Kier alpha value is -1.90. The molecular weight excluding hydrogens is 363 g/mol. The number of nitrogens with one attached hydrogen (secondary N) is 1. The van der Waals surface area contributed by atoms with Crippen LogP contribution in [0.4, 0.5) is 0 Å². The van der Waals surface area contributed by atoms with Crippen molar-refractivity contribution in [2.24, 2.45) is 0 Å². The Bertz CT molecular complexity index is 875. The van der Waals surface area contributed by atoms with Crippen molar-refractivity contribution in [1.29, 1.82) is 0 Å². The van der Waals surface area contributed by atoms with Crippen LogP contribution in [0.2, 0.25) is 0 Å². The van der Waals surface area contributed by atoms with Crippen molar-refractivity contribution < 1.29 is 18.8 Å². The molecule has 144 valence electrons. The summed E-state index contributed by atoms with van der Waals surface area (Å²) in [7, 11) is 1.11. The number of aromatic nitrogens is 1. The molecule has 1 aliphatic rings. The van der Waals surface area contributed by atoms with E-state index in [4.69, 9.17) is 14.0 Å². The van der Waals surface area contributed by atoms with E-state index < -0.39 is 18.3 Å². The van der Waals surface area contributed by atoms with Gasteiger partial charge in [-0.05, 0) is 57.4 Å². The van der Waals surface area contributed by atoms with Crippen molar-refractivity contribution in [2.45, 2.75) is 45.8 Å². The number of ether oxygens (including phenoxy) is 1. The van der Waals surface area contributed by atoms with Gasteiger partial charge in [-0.1, -0.05) is 0 Å². The molecule has 0 aliphatic carbocycles. The highest BCUT2D eigenvalue weighted by molar-refractivity contribution is 7.19. The molecule has 0 saturated carbocycles. The molecule has 1 aliphatic heterocycles. The van der Waals surface area contributed by atoms with E-state index in [1.165, 1.54) is 6.92 Å². The first-order chi connectivity index (χ1) is 12.6. The molecular formula is C19H25BN2O4S. The molecule has 2 aromatic rings. The number of nitrogens with zero attached hydrogens (tertiary/aromatic N) is 1. The van der Waals surface area contributed by atoms with Gasteiger partial charge in [-0.25, -0.2) is 4.98 Å². The second kappa shape index (κ2) is 7.26. The second-order valence-electron chi connectivity index (χ2n) is 7.60. The van der Waals surface area contributed by atoms with E-state index in [1.54, 1.807) is 18.4 Å². The van der Waals surface area contributed by atoms with E-state index in [9.17, 15) is 4.79 Å². The van der Waals surface area contributed by atoms with Gasteiger partial charge in [0.05, 0.1) is 28.5 Å². The standard InChI is InChI=1S/C19H25BN2O4S/c1-12(23)21-11-13(20-25-18(2,3)19(4,5)26-20)9-17-22-15-8-7-14(24-6)10-16(15)27-17/h7-10H,11H2,1-6H3,(H,21,23). The zero-order valence-corrected chi connectivity index (χ0v) is 17.4. The van der Waals surface area contributed by atoms with Crippen LogP contribution in [0.5, 0.6) is 5.75 Å². The van der Waals surface area contributed by atoms with Crippen LogP contribution in [0.3, 0.4) is 0 Å². The number of fused-ring (bicyclic) bond motifs is 1. The third kappa shape index (κ3) is 4.18. The first-order valence-electron chi connectivity index (χ1n) is 8.86. The Morgan fingerprint density at radius 1 is 1.30 bits per heavy atom. The van der Waals surface area contributed by atoms with Crippen molar-refractivity contribution in [3.05, 3.63) is 28.7 Å². The van der Waals surface area contributed by atoms with Crippen molar-refractivity contribution in [1.82, 2.24) is 10.3 Å². The molecule has 1 aromatic heterocycles. The van der Waals surface area contributed by atoms with Gasteiger partial charge >= 0.3 is 7.12 Å². The van der Waals surface area contributed by atoms with Crippen LogP contribution in [0.25, 0.3) is 16.3 Å². The Kier molecular flexibility index (Phi) is 5.34. The molecule has 0 spiro atoms. The van der Waals surface area contributed by atoms with Crippen LogP contribution < -0.4 is 10.1 Å². The van der Waals surface area contributed by atoms with E-state index in [2.05, 4.69) is 10.3 Å². The summed E-state index contributed by atoms with van der Waals surface area (Å²) < 4.78 is 18.6. The van der Waals surface area contributed by atoms with E-state index >= 15 is 0 Å². The molecule has 1 amide bonds. The summed E-state index contributed by atoms with van der Waals surface area (Å²) in [6, 6.07) is 5.79. The highest BCUT2D eigenvalue weighted by atomic mass is 32.1. The number of methoxy groups -OCH3 is 1. The number of carbonyl (C=O) groups excluding carboxylic acids is 1. The molecule has 0 atom stereocenters. The van der Waals surface area contributed by atoms with Gasteiger partial charge in [-0.2, -0.15) is 0 Å². The summed E-state index contributed by atoms with van der Waals surface area (Å²) in [6.45, 7) is 9.86. The highest BCUT2D eigenvalue weighted by Gasteiger charge is 2.52. The number of hydrogen-bond donors (Lipinski definition) is 1. The fraction of sp³-hybridized carbons (Fsp3) is 0.474. The van der Waals surface area contributed by atoms with E-state index in [0.717, 1.165) is 26.4 Å². The van der Waals surface area contributed by atoms with E-state index in [0.29, 0.717) is 6.54 Å². The van der Waals surface area contributed by atoms with Crippen LogP contribution in [0.15, 0.2) is 23.7 Å². The van der Waals surface area contributed by atoms with Crippen LogP contribution in [-0.2, 0) is 14.1 Å². The fourth-order valence-corrected chi connectivity index (χ4v) is 3.67. The van der Waals surface area contributed by atoms with Gasteiger partial charge in [0.2, 0.25) is 5.91 Å². The minimum absolute atomic E-state index is 0.105. The van der Waals surface area contributed by atoms with Crippen molar-refractivity contribution >= 4 is 40.7 Å². The van der Waals surface area contributed by atoms with Crippen LogP contribution >= 0.6 is 11.3 Å². The molecule has 0 unspecified atom stereocenters. The minimum atomic E-state index is -0.539. The average molecular weight is 388 g/mol. The van der Waals surface area contributed by atoms with Gasteiger partial charge < -0.3 is 19.4 Å². The van der Waals surface area contributed by atoms with Crippen molar-refractivity contribution in [3.8, 4) is 5.75 Å². The lowest BCUT2D eigenvalue weighted by Crippen LogP contribution is -2.41. The predicted octanol–water partition coefficient (Wildman–Crippen LogP) is 3.46. The number of carbonyl (C=O) groups is 1. The lowest BCUT2D eigenvalue weighted by atomic mass is 9.77. The van der Waals surface area contributed by atoms with Gasteiger partial charge in [-0.3, -0.25) is 4.79 Å². The first kappa shape index (κ1) is 19.9. The van der Waals surface area contributed by atoms with Gasteiger partial charge in [0.1, 0.15) is 10.8 Å². The number of benzene rings is 1. The minimum Gasteiger partial charge on any atom is -0.497 e. The van der Waals surface area contributed by atoms with Gasteiger partial charge in [0, 0.05) is 13.5 Å². The second-order valence-corrected chi connectivity index (χ2v) is 8.67. The summed E-state index contributed by atoms with van der Waals surface area (Å²) in [5.41, 5.74) is 0.830. The Morgan fingerprint density at radius 3 is 2.56 bits per heavy atom. The van der Waals surface area contributed by atoms with Crippen LogP contribution in [-0.4, -0.2) is 42.9 Å². The number of thiazole rings is 1. The maximum atomic E-state index is 11.4. The molecule has 1 N–H and O–H groups in total. The Morgan fingerprint density at radius 2 is 1.96 bits per heavy atom. The number of amides is 1. The van der Waals surface area contributed by atoms with Crippen LogP contribution in [0.1, 0.15) is 39.6 Å². The third-order valence-electron chi connectivity index (χ3n) is 5.02. The summed E-state index contributed by atoms with van der Waals surface area (Å²) in [5.74, 6) is 0.692. The molecule has 1 fully saturated rings. The SMILES string of the molecule is COc1ccc2nc(C=C(CNC(C)=O)B3OC(C)(C)C(C)(C)O3)sc2c1. The highest BCUT2D eigenvalue weighted by Crippen LogP contribution is 2.39. The molecule has 0 bridgehead atoms. The van der Waals surface area contributed by atoms with Gasteiger partial charge in [-0.15, -0.1) is 11.3 Å². The molecule has 1 saturated heterocycles. The quantitative estimate of drug-likeness (QED) is 0.795. The smallest absolute Gasteiger partial charge is 0.492 e. The largest absolute Gasteiger partial charge is 0.497 e. The molecule has 8 heteroatoms. The van der Waals surface area contributed by atoms with Crippen molar-refractivity contribution in [2.75, 3.05) is 13.7 Å². The first-order valence-corrected chi connectivity index (χ1v) is 9.68. The van der Waals surface area contributed by atoms with E-state index in [1.807, 2.05) is 52.0 Å². The summed E-state index contributed by atoms with van der Waals surface area (Å²) in [5, 5.41) is 3.67. The molecule has 27 heavy (non-hydrogen) atoms. The third-order valence-corrected chi connectivity index (χ3v) is 5.98. The number of hydrogen-bond acceptors (Lipinski definition) is 6. The van der Waals surface area contributed by atoms with Crippen LogP contribution in [0, 0.1) is 0 Å². The van der Waals surface area contributed by atoms with Gasteiger partial charge in [0.15, 0.2) is 0 Å². The van der Waals surface area contributed by atoms with E-state index in [-0.39, 0.29) is 5.91 Å². The predicted molar refractivity (Wildman–Crippen MR) is 109 cm³/mol. The van der Waals surface area contributed by atoms with Crippen molar-refractivity contribution in [3.63, 3.8) is 0 Å². The zero-order valence-electron chi connectivity index (χ0n) is 16.6. The maximum Gasteiger partial charge on any atom is 0.492 e. The Labute approximate surface area is 164 Å². The maximum absolute atomic E-state index is 11.4. The lowest BCUT2D eigenvalue weighted by molar-refractivity contribution is -0.118. The average Bonchev–Trinajstić information content (AvgIpc) is 3.07. The lowest BCUT2D eigenvalue weighted by Gasteiger charge is -2.32. The molecule has 3 rings (SSSR count). The zero-order chi connectivity index (χ0) is 19.8. The summed E-state index contributed by atoms with van der Waals surface area (Å²) >= 11 is 1.56. The number of rotatable bonds is 5. The molecule has 6 nitrogen and oxygen atoms in total. The molecule has 2 heterocycles. The molecule has 0 radical (unpaired) electrons. The normalized spacial score (nSPS) is 18.7. The Balaban J connectivity index is 1.94. The van der Waals surface area contributed by atoms with Gasteiger partial charge in [0.25, 0.3) is 0 Å².